The number of hydrogen-bond donors (Lipinski definition) is 1. The maximum atomic E-state index is 12.2. The number of rotatable bonds is 5. The van der Waals surface area contributed by atoms with Crippen molar-refractivity contribution in [3.8, 4) is 0 Å². The second-order valence-corrected chi connectivity index (χ2v) is 5.03. The summed E-state index contributed by atoms with van der Waals surface area (Å²) in [6.07, 6.45) is 0.0859. The molecule has 0 radical (unpaired) electrons. The minimum absolute atomic E-state index is 0.0602. The lowest BCUT2D eigenvalue weighted by atomic mass is 10.2. The van der Waals surface area contributed by atoms with E-state index in [0.29, 0.717) is 0 Å². The predicted molar refractivity (Wildman–Crippen MR) is 49.1 cm³/mol. The topological polar surface area (TPSA) is 74.7 Å². The lowest BCUT2D eigenvalue weighted by molar-refractivity contribution is -0.137. The molecule has 0 aromatic rings. The van der Waals surface area contributed by atoms with Gasteiger partial charge in [-0.15, -0.1) is 0 Å². The van der Waals surface area contributed by atoms with E-state index in [-0.39, 0.29) is 10.7 Å². The van der Waals surface area contributed by atoms with Gasteiger partial charge in [0.25, 0.3) is 0 Å². The van der Waals surface area contributed by atoms with E-state index in [4.69, 9.17) is 5.11 Å². The predicted octanol–water partition coefficient (Wildman–Crippen LogP) is 1.02. The van der Waals surface area contributed by atoms with Gasteiger partial charge in [0.05, 0.1) is 0 Å². The number of nitrogens with zero attached hydrogens (tertiary/aromatic N) is 1. The number of hydrogen-bond acceptors (Lipinski definition) is 3. The second kappa shape index (κ2) is 5.00. The van der Waals surface area contributed by atoms with Gasteiger partial charge in [-0.25, -0.2) is 8.42 Å². The van der Waals surface area contributed by atoms with E-state index in [1.807, 2.05) is 0 Å². The van der Waals surface area contributed by atoms with Gasteiger partial charge < -0.3 is 5.11 Å². The summed E-state index contributed by atoms with van der Waals surface area (Å²) in [4.78, 5) is 10.3. The Morgan fingerprint density at radius 1 is 1.44 bits per heavy atom. The molecule has 0 aliphatic heterocycles. The van der Waals surface area contributed by atoms with E-state index in [9.17, 15) is 26.4 Å². The van der Waals surface area contributed by atoms with Crippen LogP contribution in [-0.4, -0.2) is 41.9 Å². The van der Waals surface area contributed by atoms with Gasteiger partial charge in [-0.05, 0) is 13.3 Å². The van der Waals surface area contributed by atoms with Gasteiger partial charge in [0, 0.05) is 6.04 Å². The van der Waals surface area contributed by atoms with Crippen molar-refractivity contribution in [2.75, 3.05) is 6.54 Å². The molecule has 0 bridgehead atoms. The maximum Gasteiger partial charge on any atom is 0.511 e. The van der Waals surface area contributed by atoms with Gasteiger partial charge in [-0.1, -0.05) is 6.92 Å². The van der Waals surface area contributed by atoms with E-state index in [1.54, 1.807) is 0 Å². The molecule has 0 aromatic carbocycles. The smallest absolute Gasteiger partial charge is 0.480 e. The fourth-order valence-corrected chi connectivity index (χ4v) is 2.12. The third-order valence-electron chi connectivity index (χ3n) is 1.97. The zero-order valence-corrected chi connectivity index (χ0v) is 9.47. The molecule has 0 amide bonds. The molecule has 1 atom stereocenters. The zero-order valence-electron chi connectivity index (χ0n) is 8.65. The van der Waals surface area contributed by atoms with Gasteiger partial charge in [0.1, 0.15) is 6.54 Å². The Kier molecular flexibility index (Phi) is 4.74. The summed E-state index contributed by atoms with van der Waals surface area (Å²) in [7, 11) is -5.59. The molecule has 1 unspecified atom stereocenters. The molecular formula is C7H12F3NO4S. The minimum Gasteiger partial charge on any atom is -0.480 e. The van der Waals surface area contributed by atoms with Crippen LogP contribution in [0.15, 0.2) is 0 Å². The minimum atomic E-state index is -5.59. The fraction of sp³-hybridized carbons (Fsp3) is 0.857. The fourth-order valence-electron chi connectivity index (χ4n) is 0.948. The van der Waals surface area contributed by atoms with Crippen LogP contribution in [0.1, 0.15) is 20.3 Å². The number of alkyl halides is 3. The lowest BCUT2D eigenvalue weighted by Gasteiger charge is -2.26. The average Bonchev–Trinajstić information content (AvgIpc) is 2.10. The van der Waals surface area contributed by atoms with Crippen molar-refractivity contribution in [3.63, 3.8) is 0 Å². The molecule has 16 heavy (non-hydrogen) atoms. The molecular weight excluding hydrogens is 251 g/mol. The van der Waals surface area contributed by atoms with Crippen LogP contribution in [-0.2, 0) is 14.8 Å². The van der Waals surface area contributed by atoms with Crippen molar-refractivity contribution < 1.29 is 31.5 Å². The highest BCUT2D eigenvalue weighted by Gasteiger charge is 2.51. The molecule has 0 spiro atoms. The van der Waals surface area contributed by atoms with E-state index in [0.717, 1.165) is 0 Å². The number of sulfonamides is 1. The van der Waals surface area contributed by atoms with Crippen LogP contribution >= 0.6 is 0 Å². The molecule has 0 aliphatic rings. The van der Waals surface area contributed by atoms with Crippen LogP contribution in [0.5, 0.6) is 0 Å². The summed E-state index contributed by atoms with van der Waals surface area (Å²) in [5, 5.41) is 8.38. The Labute approximate surface area is 90.9 Å². The third kappa shape index (κ3) is 3.34. The Morgan fingerprint density at radius 2 is 1.88 bits per heavy atom. The van der Waals surface area contributed by atoms with Crippen LogP contribution in [0, 0.1) is 0 Å². The van der Waals surface area contributed by atoms with Crippen molar-refractivity contribution in [1.29, 1.82) is 0 Å². The van der Waals surface area contributed by atoms with Crippen LogP contribution < -0.4 is 0 Å². The molecule has 0 rings (SSSR count). The first-order valence-corrected chi connectivity index (χ1v) is 5.78. The Morgan fingerprint density at radius 3 is 2.12 bits per heavy atom. The van der Waals surface area contributed by atoms with Crippen LogP contribution in [0.2, 0.25) is 0 Å². The molecule has 0 saturated heterocycles. The molecule has 9 heteroatoms. The van der Waals surface area contributed by atoms with Gasteiger partial charge in [0.15, 0.2) is 0 Å². The summed E-state index contributed by atoms with van der Waals surface area (Å²) in [6.45, 7) is 1.48. The first-order valence-electron chi connectivity index (χ1n) is 4.34. The standard InChI is InChI=1S/C7H12F3NO4S/c1-3-5(2)11(4-6(12)13)16(14,15)7(8,9)10/h5H,3-4H2,1-2H3,(H,12,13). The third-order valence-corrected chi connectivity index (χ3v) is 3.67. The van der Waals surface area contributed by atoms with E-state index in [2.05, 4.69) is 0 Å². The molecule has 0 aliphatic carbocycles. The quantitative estimate of drug-likeness (QED) is 0.803. The van der Waals surface area contributed by atoms with Crippen molar-refractivity contribution in [1.82, 2.24) is 4.31 Å². The number of aliphatic carboxylic acids is 1. The molecule has 0 aromatic heterocycles. The van der Waals surface area contributed by atoms with Crippen LogP contribution in [0.4, 0.5) is 13.2 Å². The van der Waals surface area contributed by atoms with Crippen molar-refractivity contribution in [3.05, 3.63) is 0 Å². The first-order chi connectivity index (χ1) is 7.04. The normalized spacial score (nSPS) is 15.1. The number of carboxylic acid groups (broad SMARTS) is 1. The first kappa shape index (κ1) is 15.2. The molecule has 5 nitrogen and oxygen atoms in total. The Bertz CT molecular complexity index is 351. The number of halogens is 3. The summed E-state index contributed by atoms with van der Waals surface area (Å²) >= 11 is 0. The molecule has 1 N–H and O–H groups in total. The zero-order chi connectivity index (χ0) is 13.1. The second-order valence-electron chi connectivity index (χ2n) is 3.15. The largest absolute Gasteiger partial charge is 0.511 e. The monoisotopic (exact) mass is 263 g/mol. The Hall–Kier alpha value is -0.830. The van der Waals surface area contributed by atoms with Crippen molar-refractivity contribution in [2.24, 2.45) is 0 Å². The highest BCUT2D eigenvalue weighted by molar-refractivity contribution is 7.90. The highest BCUT2D eigenvalue weighted by Crippen LogP contribution is 2.28. The average molecular weight is 263 g/mol. The molecule has 0 heterocycles. The van der Waals surface area contributed by atoms with Crippen molar-refractivity contribution in [2.45, 2.75) is 31.8 Å². The lowest BCUT2D eigenvalue weighted by Crippen LogP contribution is -2.47. The van der Waals surface area contributed by atoms with E-state index < -0.39 is 34.1 Å². The number of carbonyl (C=O) groups is 1. The van der Waals surface area contributed by atoms with Crippen LogP contribution in [0.3, 0.4) is 0 Å². The van der Waals surface area contributed by atoms with E-state index >= 15 is 0 Å². The van der Waals surface area contributed by atoms with Crippen molar-refractivity contribution >= 4 is 16.0 Å². The van der Waals surface area contributed by atoms with Gasteiger partial charge in [-0.3, -0.25) is 4.79 Å². The molecule has 96 valence electrons. The van der Waals surface area contributed by atoms with Crippen LogP contribution in [0.25, 0.3) is 0 Å². The van der Waals surface area contributed by atoms with Gasteiger partial charge in [-0.2, -0.15) is 17.5 Å². The van der Waals surface area contributed by atoms with Gasteiger partial charge in [0.2, 0.25) is 0 Å². The summed E-state index contributed by atoms with van der Waals surface area (Å²) in [5.74, 6) is -1.63. The molecule has 0 fully saturated rings. The Balaban J connectivity index is 5.27. The highest BCUT2D eigenvalue weighted by atomic mass is 32.2. The summed E-state index contributed by atoms with van der Waals surface area (Å²) in [6, 6.07) is -1.03. The van der Waals surface area contributed by atoms with E-state index in [1.165, 1.54) is 13.8 Å². The maximum absolute atomic E-state index is 12.2. The summed E-state index contributed by atoms with van der Waals surface area (Å²) in [5.41, 5.74) is -5.48. The SMILES string of the molecule is CCC(C)N(CC(=O)O)S(=O)(=O)C(F)(F)F. The summed E-state index contributed by atoms with van der Waals surface area (Å²) < 4.78 is 58.6. The molecule has 0 saturated carbocycles. The number of carboxylic acids is 1. The van der Waals surface area contributed by atoms with Gasteiger partial charge >= 0.3 is 21.5 Å².